The molecule has 1 heterocycles. The molecule has 0 atom stereocenters. The Morgan fingerprint density at radius 3 is 2.65 bits per heavy atom. The summed E-state index contributed by atoms with van der Waals surface area (Å²) in [6, 6.07) is 2.08. The van der Waals surface area contributed by atoms with Crippen LogP contribution in [0.15, 0.2) is 6.07 Å². The zero-order chi connectivity index (χ0) is 12.5. The first-order valence-electron chi connectivity index (χ1n) is 5.94. The minimum absolute atomic E-state index is 0.757. The molecule has 0 aliphatic heterocycles. The van der Waals surface area contributed by atoms with Gasteiger partial charge >= 0.3 is 0 Å². The maximum atomic E-state index is 4.95. The molecule has 96 valence electrons. The maximum absolute atomic E-state index is 4.95. The fraction of sp³-hybridized carbons (Fsp3) is 0.667. The van der Waals surface area contributed by atoms with E-state index in [1.54, 1.807) is 7.11 Å². The van der Waals surface area contributed by atoms with Crippen LogP contribution in [0.4, 0.5) is 0 Å². The minimum atomic E-state index is 0.757. The summed E-state index contributed by atoms with van der Waals surface area (Å²) in [6.07, 6.45) is 0. The number of aromatic nitrogens is 2. The zero-order valence-corrected chi connectivity index (χ0v) is 10.9. The summed E-state index contributed by atoms with van der Waals surface area (Å²) < 4.78 is 4.95. The highest BCUT2D eigenvalue weighted by molar-refractivity contribution is 5.19. The van der Waals surface area contributed by atoms with Gasteiger partial charge in [0.05, 0.1) is 18.0 Å². The Bertz CT molecular complexity index is 330. The average molecular weight is 238 g/mol. The van der Waals surface area contributed by atoms with E-state index >= 15 is 0 Å². The average Bonchev–Trinajstić information content (AvgIpc) is 2.32. The van der Waals surface area contributed by atoms with Gasteiger partial charge in [-0.15, -0.1) is 0 Å². The quantitative estimate of drug-likeness (QED) is 0.643. The van der Waals surface area contributed by atoms with Gasteiger partial charge in [-0.1, -0.05) is 0 Å². The first kappa shape index (κ1) is 14.0. The molecule has 0 bridgehead atoms. The Kier molecular flexibility index (Phi) is 6.69. The minimum Gasteiger partial charge on any atom is -0.383 e. The van der Waals surface area contributed by atoms with Gasteiger partial charge in [0.15, 0.2) is 0 Å². The van der Waals surface area contributed by atoms with E-state index < -0.39 is 0 Å². The lowest BCUT2D eigenvalue weighted by atomic mass is 10.2. The highest BCUT2D eigenvalue weighted by Gasteiger charge is 2.00. The highest BCUT2D eigenvalue weighted by Crippen LogP contribution is 2.04. The third-order valence-electron chi connectivity index (χ3n) is 2.48. The van der Waals surface area contributed by atoms with Crippen molar-refractivity contribution >= 4 is 0 Å². The van der Waals surface area contributed by atoms with Crippen LogP contribution < -0.4 is 10.6 Å². The summed E-state index contributed by atoms with van der Waals surface area (Å²) in [5.41, 5.74) is 3.18. The SMILES string of the molecule is COCCNCCNCc1cc(C)nnc1C. The Balaban J connectivity index is 2.15. The van der Waals surface area contributed by atoms with E-state index in [9.17, 15) is 0 Å². The van der Waals surface area contributed by atoms with Crippen molar-refractivity contribution in [2.75, 3.05) is 33.4 Å². The molecule has 17 heavy (non-hydrogen) atoms. The second-order valence-corrected chi connectivity index (χ2v) is 4.02. The van der Waals surface area contributed by atoms with E-state index in [-0.39, 0.29) is 0 Å². The summed E-state index contributed by atoms with van der Waals surface area (Å²) in [5.74, 6) is 0. The molecular weight excluding hydrogens is 216 g/mol. The predicted octanol–water partition coefficient (Wildman–Crippen LogP) is 0.419. The van der Waals surface area contributed by atoms with Crippen LogP contribution in [-0.2, 0) is 11.3 Å². The summed E-state index contributed by atoms with van der Waals surface area (Å²) in [6.45, 7) is 8.32. The molecule has 0 fully saturated rings. The van der Waals surface area contributed by atoms with E-state index in [1.165, 1.54) is 5.56 Å². The fourth-order valence-corrected chi connectivity index (χ4v) is 1.48. The molecule has 1 aromatic heterocycles. The van der Waals surface area contributed by atoms with E-state index in [0.29, 0.717) is 0 Å². The van der Waals surface area contributed by atoms with Crippen molar-refractivity contribution in [3.63, 3.8) is 0 Å². The van der Waals surface area contributed by atoms with Crippen molar-refractivity contribution < 1.29 is 4.74 Å². The number of nitrogens with one attached hydrogen (secondary N) is 2. The molecule has 0 amide bonds. The van der Waals surface area contributed by atoms with Gasteiger partial charge in [-0.3, -0.25) is 0 Å². The predicted molar refractivity (Wildman–Crippen MR) is 68.0 cm³/mol. The molecule has 0 saturated carbocycles. The Hall–Kier alpha value is -1.04. The van der Waals surface area contributed by atoms with Crippen LogP contribution in [-0.4, -0.2) is 43.5 Å². The molecule has 0 unspecified atom stereocenters. The normalized spacial score (nSPS) is 10.8. The lowest BCUT2D eigenvalue weighted by Crippen LogP contribution is -2.29. The molecule has 5 nitrogen and oxygen atoms in total. The molecule has 0 aliphatic carbocycles. The van der Waals surface area contributed by atoms with Gasteiger partial charge in [-0.05, 0) is 25.5 Å². The molecular formula is C12H22N4O. The highest BCUT2D eigenvalue weighted by atomic mass is 16.5. The van der Waals surface area contributed by atoms with Crippen LogP contribution in [0.5, 0.6) is 0 Å². The first-order chi connectivity index (χ1) is 8.24. The fourth-order valence-electron chi connectivity index (χ4n) is 1.48. The molecule has 0 radical (unpaired) electrons. The van der Waals surface area contributed by atoms with Crippen LogP contribution in [0, 0.1) is 13.8 Å². The van der Waals surface area contributed by atoms with E-state index in [1.807, 2.05) is 13.8 Å². The standard InChI is InChI=1S/C12H22N4O/c1-10-8-12(11(2)16-15-10)9-14-5-4-13-6-7-17-3/h8,13-14H,4-7,9H2,1-3H3. The number of rotatable bonds is 8. The van der Waals surface area contributed by atoms with Gasteiger partial charge < -0.3 is 15.4 Å². The smallest absolute Gasteiger partial charge is 0.0645 e. The third-order valence-corrected chi connectivity index (χ3v) is 2.48. The number of methoxy groups -OCH3 is 1. The lowest BCUT2D eigenvalue weighted by molar-refractivity contribution is 0.199. The number of nitrogens with zero attached hydrogens (tertiary/aromatic N) is 2. The molecule has 0 saturated heterocycles. The number of hydrogen-bond donors (Lipinski definition) is 2. The van der Waals surface area contributed by atoms with Crippen LogP contribution >= 0.6 is 0 Å². The Morgan fingerprint density at radius 1 is 1.12 bits per heavy atom. The lowest BCUT2D eigenvalue weighted by Gasteiger charge is -2.08. The second kappa shape index (κ2) is 8.11. The molecule has 5 heteroatoms. The number of ether oxygens (including phenoxy) is 1. The van der Waals surface area contributed by atoms with Gasteiger partial charge in [-0.2, -0.15) is 10.2 Å². The second-order valence-electron chi connectivity index (χ2n) is 4.02. The van der Waals surface area contributed by atoms with Crippen molar-refractivity contribution in [3.05, 3.63) is 23.0 Å². The van der Waals surface area contributed by atoms with Crippen molar-refractivity contribution in [2.24, 2.45) is 0 Å². The van der Waals surface area contributed by atoms with E-state index in [4.69, 9.17) is 4.74 Å². The Labute approximate surface area is 103 Å². The molecule has 0 spiro atoms. The van der Waals surface area contributed by atoms with Crippen LogP contribution in [0.2, 0.25) is 0 Å². The molecule has 1 rings (SSSR count). The zero-order valence-electron chi connectivity index (χ0n) is 10.9. The van der Waals surface area contributed by atoms with Crippen molar-refractivity contribution in [1.29, 1.82) is 0 Å². The van der Waals surface area contributed by atoms with Crippen molar-refractivity contribution in [2.45, 2.75) is 20.4 Å². The largest absolute Gasteiger partial charge is 0.383 e. The van der Waals surface area contributed by atoms with Crippen molar-refractivity contribution in [1.82, 2.24) is 20.8 Å². The first-order valence-corrected chi connectivity index (χ1v) is 5.94. The van der Waals surface area contributed by atoms with Gasteiger partial charge in [0, 0.05) is 33.3 Å². The molecule has 0 aromatic carbocycles. The van der Waals surface area contributed by atoms with E-state index in [0.717, 1.165) is 44.2 Å². The number of hydrogen-bond acceptors (Lipinski definition) is 5. The topological polar surface area (TPSA) is 59.1 Å². The summed E-state index contributed by atoms with van der Waals surface area (Å²) >= 11 is 0. The number of aryl methyl sites for hydroxylation is 2. The third kappa shape index (κ3) is 5.72. The van der Waals surface area contributed by atoms with Crippen LogP contribution in [0.1, 0.15) is 17.0 Å². The molecule has 0 aliphatic rings. The van der Waals surface area contributed by atoms with Gasteiger partial charge in [0.1, 0.15) is 0 Å². The van der Waals surface area contributed by atoms with E-state index in [2.05, 4.69) is 26.9 Å². The van der Waals surface area contributed by atoms with Gasteiger partial charge in [0.2, 0.25) is 0 Å². The maximum Gasteiger partial charge on any atom is 0.0645 e. The van der Waals surface area contributed by atoms with Gasteiger partial charge in [0.25, 0.3) is 0 Å². The van der Waals surface area contributed by atoms with Crippen molar-refractivity contribution in [3.8, 4) is 0 Å². The molecule has 2 N–H and O–H groups in total. The summed E-state index contributed by atoms with van der Waals surface area (Å²) in [7, 11) is 1.71. The Morgan fingerprint density at radius 2 is 1.88 bits per heavy atom. The van der Waals surface area contributed by atoms with Crippen LogP contribution in [0.25, 0.3) is 0 Å². The monoisotopic (exact) mass is 238 g/mol. The van der Waals surface area contributed by atoms with Gasteiger partial charge in [-0.25, -0.2) is 0 Å². The summed E-state index contributed by atoms with van der Waals surface area (Å²) in [4.78, 5) is 0. The summed E-state index contributed by atoms with van der Waals surface area (Å²) in [5, 5.41) is 14.8. The molecule has 1 aromatic rings. The van der Waals surface area contributed by atoms with Crippen LogP contribution in [0.3, 0.4) is 0 Å².